The van der Waals surface area contributed by atoms with Crippen LogP contribution in [0.15, 0.2) is 17.0 Å². The van der Waals surface area contributed by atoms with Crippen molar-refractivity contribution in [1.82, 2.24) is 5.32 Å². The molecule has 1 aromatic rings. The molecule has 0 aliphatic carbocycles. The van der Waals surface area contributed by atoms with Gasteiger partial charge in [0.1, 0.15) is 0 Å². The first-order chi connectivity index (χ1) is 10.4. The summed E-state index contributed by atoms with van der Waals surface area (Å²) in [6.45, 7) is -3.04. The summed E-state index contributed by atoms with van der Waals surface area (Å²) in [7, 11) is 2.56. The van der Waals surface area contributed by atoms with Crippen molar-refractivity contribution in [2.45, 2.75) is 6.61 Å². The second-order valence-corrected chi connectivity index (χ2v) is 5.00. The number of carbonyl (C=O) groups excluding carboxylic acids is 2. The summed E-state index contributed by atoms with van der Waals surface area (Å²) in [5, 5.41) is 1.63. The van der Waals surface area contributed by atoms with E-state index in [1.54, 1.807) is 0 Å². The van der Waals surface area contributed by atoms with Gasteiger partial charge in [-0.15, -0.1) is 0 Å². The number of carbonyl (C=O) groups is 2. The number of methoxy groups -OCH3 is 2. The molecule has 9 heteroatoms. The van der Waals surface area contributed by atoms with Gasteiger partial charge in [0.05, 0.1) is 19.1 Å². The van der Waals surface area contributed by atoms with E-state index in [1.165, 1.54) is 32.4 Å². The van der Waals surface area contributed by atoms with Crippen molar-refractivity contribution in [3.63, 3.8) is 0 Å². The third-order valence-corrected chi connectivity index (χ3v) is 3.44. The number of halogens is 2. The maximum atomic E-state index is 12.4. The van der Waals surface area contributed by atoms with E-state index >= 15 is 0 Å². The van der Waals surface area contributed by atoms with Crippen LogP contribution in [0.1, 0.15) is 5.56 Å². The quantitative estimate of drug-likeness (QED) is 0.836. The Morgan fingerprint density at radius 3 is 2.18 bits per heavy atom. The standard InChI is InChI=1S/C13H11F2NO5S/c1-19-7-3-6(5-9-11(17)16-13(18)22-9)4-8(20-2)10(7)21-12(14)15/h3-5,12H,1-2H3,(H,16,17,18)/b9-5-. The van der Waals surface area contributed by atoms with Gasteiger partial charge in [0.2, 0.25) is 5.75 Å². The lowest BCUT2D eigenvalue weighted by atomic mass is 10.1. The fraction of sp³-hybridized carbons (Fsp3) is 0.231. The number of hydrogen-bond donors (Lipinski definition) is 1. The molecule has 1 saturated heterocycles. The van der Waals surface area contributed by atoms with Crippen LogP contribution in [0.5, 0.6) is 17.2 Å². The highest BCUT2D eigenvalue weighted by atomic mass is 32.2. The molecule has 0 radical (unpaired) electrons. The zero-order valence-electron chi connectivity index (χ0n) is 11.5. The smallest absolute Gasteiger partial charge is 0.387 e. The molecular weight excluding hydrogens is 320 g/mol. The Morgan fingerprint density at radius 2 is 1.77 bits per heavy atom. The lowest BCUT2D eigenvalue weighted by Crippen LogP contribution is -2.17. The van der Waals surface area contributed by atoms with Crippen LogP contribution in [-0.4, -0.2) is 32.0 Å². The average molecular weight is 331 g/mol. The lowest BCUT2D eigenvalue weighted by molar-refractivity contribution is -0.115. The van der Waals surface area contributed by atoms with Crippen molar-refractivity contribution in [2.24, 2.45) is 0 Å². The van der Waals surface area contributed by atoms with Gasteiger partial charge < -0.3 is 14.2 Å². The molecule has 0 atom stereocenters. The first kappa shape index (κ1) is 16.1. The Morgan fingerprint density at radius 1 is 1.18 bits per heavy atom. The van der Waals surface area contributed by atoms with Crippen molar-refractivity contribution >= 4 is 29.0 Å². The SMILES string of the molecule is COc1cc(/C=C2\SC(=O)NC2=O)cc(OC)c1OC(F)F. The van der Waals surface area contributed by atoms with Gasteiger partial charge in [-0.05, 0) is 35.5 Å². The lowest BCUT2D eigenvalue weighted by Gasteiger charge is -2.14. The molecule has 0 aromatic heterocycles. The second-order valence-electron chi connectivity index (χ2n) is 3.99. The topological polar surface area (TPSA) is 73.9 Å². The molecule has 118 valence electrons. The van der Waals surface area contributed by atoms with Crippen molar-refractivity contribution in [3.8, 4) is 17.2 Å². The zero-order valence-corrected chi connectivity index (χ0v) is 12.3. The molecule has 2 amide bonds. The molecule has 0 saturated carbocycles. The Bertz CT molecular complexity index is 622. The molecule has 6 nitrogen and oxygen atoms in total. The van der Waals surface area contributed by atoms with Crippen molar-refractivity contribution in [3.05, 3.63) is 22.6 Å². The minimum atomic E-state index is -3.04. The molecule has 1 N–H and O–H groups in total. The predicted molar refractivity (Wildman–Crippen MR) is 75.3 cm³/mol. The van der Waals surface area contributed by atoms with Gasteiger partial charge in [-0.25, -0.2) is 0 Å². The average Bonchev–Trinajstić information content (AvgIpc) is 2.77. The van der Waals surface area contributed by atoms with Crippen LogP contribution in [0.4, 0.5) is 13.6 Å². The van der Waals surface area contributed by atoms with Crippen LogP contribution < -0.4 is 19.5 Å². The van der Waals surface area contributed by atoms with Crippen LogP contribution in [0, 0.1) is 0 Å². The number of rotatable bonds is 5. The number of thioether (sulfide) groups is 1. The first-order valence-corrected chi connectivity index (χ1v) is 6.72. The highest BCUT2D eigenvalue weighted by molar-refractivity contribution is 8.18. The van der Waals surface area contributed by atoms with Gasteiger partial charge in [-0.3, -0.25) is 14.9 Å². The van der Waals surface area contributed by atoms with Gasteiger partial charge >= 0.3 is 6.61 Å². The Kier molecular flexibility index (Phi) is 4.86. The molecule has 0 bridgehead atoms. The predicted octanol–water partition coefficient (Wildman–Crippen LogP) is 2.63. The zero-order chi connectivity index (χ0) is 16.3. The van der Waals surface area contributed by atoms with Gasteiger partial charge in [0.15, 0.2) is 11.5 Å². The monoisotopic (exact) mass is 331 g/mol. The van der Waals surface area contributed by atoms with Crippen molar-refractivity contribution < 1.29 is 32.6 Å². The Labute approximate surface area is 128 Å². The second kappa shape index (κ2) is 6.65. The van der Waals surface area contributed by atoms with Crippen LogP contribution in [0.2, 0.25) is 0 Å². The number of alkyl halides is 2. The van der Waals surface area contributed by atoms with E-state index in [9.17, 15) is 18.4 Å². The van der Waals surface area contributed by atoms with E-state index in [0.29, 0.717) is 5.56 Å². The number of benzene rings is 1. The Balaban J connectivity index is 2.44. The molecule has 2 rings (SSSR count). The number of imide groups is 1. The van der Waals surface area contributed by atoms with Gasteiger partial charge in [0, 0.05) is 0 Å². The minimum Gasteiger partial charge on any atom is -0.493 e. The van der Waals surface area contributed by atoms with Crippen molar-refractivity contribution in [1.29, 1.82) is 0 Å². The molecule has 0 unspecified atom stereocenters. The summed E-state index contributed by atoms with van der Waals surface area (Å²) < 4.78 is 39.3. The number of amides is 2. The molecule has 1 aliphatic heterocycles. The van der Waals surface area contributed by atoms with E-state index in [2.05, 4.69) is 10.1 Å². The van der Waals surface area contributed by atoms with Gasteiger partial charge in [-0.1, -0.05) is 0 Å². The molecule has 1 fully saturated rings. The summed E-state index contributed by atoms with van der Waals surface area (Å²) in [4.78, 5) is 22.8. The van der Waals surface area contributed by atoms with Gasteiger partial charge in [-0.2, -0.15) is 8.78 Å². The van der Waals surface area contributed by atoms with Gasteiger partial charge in [0.25, 0.3) is 11.1 Å². The van der Waals surface area contributed by atoms with Crippen LogP contribution in [0.25, 0.3) is 6.08 Å². The summed E-state index contributed by atoms with van der Waals surface area (Å²) in [6, 6.07) is 2.79. The highest BCUT2D eigenvalue weighted by Gasteiger charge is 2.25. The highest BCUT2D eigenvalue weighted by Crippen LogP contribution is 2.40. The van der Waals surface area contributed by atoms with Crippen LogP contribution >= 0.6 is 11.8 Å². The van der Waals surface area contributed by atoms with Crippen molar-refractivity contribution in [2.75, 3.05) is 14.2 Å². The van der Waals surface area contributed by atoms with E-state index in [0.717, 1.165) is 11.8 Å². The molecule has 1 heterocycles. The molecule has 1 aliphatic rings. The number of hydrogen-bond acceptors (Lipinski definition) is 6. The van der Waals surface area contributed by atoms with E-state index < -0.39 is 17.8 Å². The summed E-state index contributed by atoms with van der Waals surface area (Å²) in [5.41, 5.74) is 0.433. The minimum absolute atomic E-state index is 0.0150. The number of nitrogens with one attached hydrogen (secondary N) is 1. The fourth-order valence-corrected chi connectivity index (χ4v) is 2.44. The third-order valence-electron chi connectivity index (χ3n) is 2.63. The first-order valence-electron chi connectivity index (χ1n) is 5.90. The summed E-state index contributed by atoms with van der Waals surface area (Å²) in [5.74, 6) is -0.745. The van der Waals surface area contributed by atoms with Crippen LogP contribution in [0.3, 0.4) is 0 Å². The van der Waals surface area contributed by atoms with Crippen LogP contribution in [-0.2, 0) is 4.79 Å². The van der Waals surface area contributed by atoms with E-state index in [4.69, 9.17) is 9.47 Å². The maximum absolute atomic E-state index is 12.4. The normalized spacial score (nSPS) is 16.1. The van der Waals surface area contributed by atoms with E-state index in [-0.39, 0.29) is 22.2 Å². The summed E-state index contributed by atoms with van der Waals surface area (Å²) >= 11 is 0.739. The molecule has 1 aromatic carbocycles. The third kappa shape index (κ3) is 3.48. The van der Waals surface area contributed by atoms with E-state index in [1.807, 2.05) is 0 Å². The largest absolute Gasteiger partial charge is 0.493 e. The Hall–Kier alpha value is -2.29. The molecule has 22 heavy (non-hydrogen) atoms. The maximum Gasteiger partial charge on any atom is 0.387 e. The fourth-order valence-electron chi connectivity index (χ4n) is 1.76. The summed E-state index contributed by atoms with van der Waals surface area (Å²) in [6.07, 6.45) is 1.42. The molecular formula is C13H11F2NO5S. The number of ether oxygens (including phenoxy) is 3. The molecule has 0 spiro atoms.